The molecular formula is C30H33F7N8O4. The highest BCUT2D eigenvalue weighted by Crippen LogP contribution is 2.56. The van der Waals surface area contributed by atoms with Crippen molar-refractivity contribution in [3.05, 3.63) is 35.1 Å². The van der Waals surface area contributed by atoms with Gasteiger partial charge in [0, 0.05) is 51.2 Å². The summed E-state index contributed by atoms with van der Waals surface area (Å²) >= 11 is 0. The SMILES string of the molecule is O=C(N[C@H](c1cn2nc(CC3C[C@@H](C(F)(F)F)CNC3=O)c(N3CCOCC3)nc2n1)C1CCC(F)(F)CC1)c1conc1C1CC1(F)F. The largest absolute Gasteiger partial charge is 0.393 e. The molecule has 7 rings (SSSR count). The lowest BCUT2D eigenvalue weighted by molar-refractivity contribution is -0.183. The molecule has 2 unspecified atom stereocenters. The number of rotatable bonds is 8. The Morgan fingerprint density at radius 1 is 1.12 bits per heavy atom. The predicted octanol–water partition coefficient (Wildman–Crippen LogP) is 4.23. The first-order valence-corrected chi connectivity index (χ1v) is 16.1. The van der Waals surface area contributed by atoms with Crippen molar-refractivity contribution >= 4 is 23.4 Å². The van der Waals surface area contributed by atoms with E-state index in [-0.39, 0.29) is 47.7 Å². The number of nitrogens with zero attached hydrogens (tertiary/aromatic N) is 6. The minimum absolute atomic E-state index is 0.0192. The van der Waals surface area contributed by atoms with E-state index >= 15 is 0 Å². The van der Waals surface area contributed by atoms with Gasteiger partial charge in [0.25, 0.3) is 17.6 Å². The highest BCUT2D eigenvalue weighted by Gasteiger charge is 2.60. The molecule has 2 aliphatic heterocycles. The van der Waals surface area contributed by atoms with Gasteiger partial charge >= 0.3 is 6.18 Å². The van der Waals surface area contributed by atoms with Gasteiger partial charge in [-0.15, -0.1) is 0 Å². The number of piperidine rings is 1. The van der Waals surface area contributed by atoms with Crippen LogP contribution >= 0.6 is 0 Å². The summed E-state index contributed by atoms with van der Waals surface area (Å²) in [6.45, 7) is 0.978. The molecule has 2 aliphatic carbocycles. The Kier molecular flexibility index (Phi) is 8.46. The minimum atomic E-state index is -4.50. The van der Waals surface area contributed by atoms with Gasteiger partial charge in [-0.25, -0.2) is 27.1 Å². The van der Waals surface area contributed by atoms with Crippen LogP contribution < -0.4 is 15.5 Å². The Morgan fingerprint density at radius 2 is 1.84 bits per heavy atom. The molecule has 2 saturated heterocycles. The second-order valence-corrected chi connectivity index (χ2v) is 13.3. The molecular weight excluding hydrogens is 669 g/mol. The second kappa shape index (κ2) is 12.4. The first-order chi connectivity index (χ1) is 23.2. The zero-order valence-corrected chi connectivity index (χ0v) is 26.0. The molecule has 4 fully saturated rings. The van der Waals surface area contributed by atoms with E-state index < -0.39 is 91.8 Å². The van der Waals surface area contributed by atoms with Gasteiger partial charge in [-0.05, 0) is 25.2 Å². The fourth-order valence-corrected chi connectivity index (χ4v) is 6.96. The Labute approximate surface area is 274 Å². The van der Waals surface area contributed by atoms with E-state index in [2.05, 4.69) is 30.9 Å². The predicted molar refractivity (Wildman–Crippen MR) is 154 cm³/mol. The molecule has 4 aliphatic rings. The lowest BCUT2D eigenvalue weighted by atomic mass is 9.81. The number of aromatic nitrogens is 5. The average Bonchev–Trinajstić information content (AvgIpc) is 3.38. The van der Waals surface area contributed by atoms with Crippen molar-refractivity contribution in [2.24, 2.45) is 17.8 Å². The zero-order valence-electron chi connectivity index (χ0n) is 26.0. The van der Waals surface area contributed by atoms with Crippen LogP contribution in [0.4, 0.5) is 36.6 Å². The maximum absolute atomic E-state index is 14.2. The van der Waals surface area contributed by atoms with Crippen molar-refractivity contribution in [2.75, 3.05) is 37.7 Å². The molecule has 2 saturated carbocycles. The molecule has 3 aromatic heterocycles. The van der Waals surface area contributed by atoms with Gasteiger partial charge in [-0.2, -0.15) is 23.3 Å². The Bertz CT molecular complexity index is 1710. The summed E-state index contributed by atoms with van der Waals surface area (Å²) in [6.07, 6.45) is -3.99. The number of ether oxygens (including phenoxy) is 1. The van der Waals surface area contributed by atoms with Gasteiger partial charge in [0.1, 0.15) is 23.2 Å². The Morgan fingerprint density at radius 3 is 2.51 bits per heavy atom. The molecule has 3 aromatic rings. The number of hydrogen-bond donors (Lipinski definition) is 2. The second-order valence-electron chi connectivity index (χ2n) is 13.3. The average molecular weight is 703 g/mol. The number of nitrogens with one attached hydrogen (secondary N) is 2. The number of imidazole rings is 1. The number of halogens is 7. The van der Waals surface area contributed by atoms with E-state index in [9.17, 15) is 40.3 Å². The molecule has 0 bridgehead atoms. The monoisotopic (exact) mass is 702 g/mol. The third-order valence-electron chi connectivity index (χ3n) is 9.89. The van der Waals surface area contributed by atoms with Crippen molar-refractivity contribution in [1.29, 1.82) is 0 Å². The first-order valence-electron chi connectivity index (χ1n) is 16.1. The van der Waals surface area contributed by atoms with Crippen molar-refractivity contribution in [3.8, 4) is 0 Å². The Hall–Kier alpha value is -4.03. The number of fused-ring (bicyclic) bond motifs is 1. The molecule has 0 spiro atoms. The fourth-order valence-electron chi connectivity index (χ4n) is 6.96. The van der Waals surface area contributed by atoms with Crippen LogP contribution in [-0.4, -0.2) is 87.4 Å². The summed E-state index contributed by atoms with van der Waals surface area (Å²) in [7, 11) is 0. The van der Waals surface area contributed by atoms with E-state index in [0.717, 1.165) is 6.26 Å². The molecule has 2 amide bonds. The van der Waals surface area contributed by atoms with Crippen LogP contribution in [0.1, 0.15) is 77.9 Å². The third kappa shape index (κ3) is 6.90. The summed E-state index contributed by atoms with van der Waals surface area (Å²) in [5, 5.41) is 13.4. The van der Waals surface area contributed by atoms with E-state index in [1.165, 1.54) is 10.7 Å². The molecule has 4 atom stereocenters. The normalized spacial score (nSPS) is 26.4. The zero-order chi connectivity index (χ0) is 34.7. The highest BCUT2D eigenvalue weighted by molar-refractivity contribution is 5.95. The summed E-state index contributed by atoms with van der Waals surface area (Å²) < 4.78 is 108. The maximum Gasteiger partial charge on any atom is 0.393 e. The molecule has 0 radical (unpaired) electrons. The van der Waals surface area contributed by atoms with Gasteiger partial charge < -0.3 is 24.8 Å². The maximum atomic E-state index is 14.2. The molecule has 0 aromatic carbocycles. The van der Waals surface area contributed by atoms with E-state index in [1.54, 1.807) is 0 Å². The van der Waals surface area contributed by atoms with Crippen molar-refractivity contribution < 1.29 is 49.6 Å². The number of hydrogen-bond acceptors (Lipinski definition) is 9. The molecule has 5 heterocycles. The molecule has 49 heavy (non-hydrogen) atoms. The van der Waals surface area contributed by atoms with Gasteiger partial charge in [0.05, 0.1) is 43.0 Å². The summed E-state index contributed by atoms with van der Waals surface area (Å²) in [5.41, 5.74) is 0.0526. The Balaban J connectivity index is 1.23. The summed E-state index contributed by atoms with van der Waals surface area (Å²) in [6, 6.07) is -0.971. The number of morpholine rings is 1. The minimum Gasteiger partial charge on any atom is -0.378 e. The van der Waals surface area contributed by atoms with Crippen molar-refractivity contribution in [1.82, 2.24) is 35.4 Å². The smallest absolute Gasteiger partial charge is 0.378 e. The van der Waals surface area contributed by atoms with Crippen LogP contribution in [-0.2, 0) is 16.0 Å². The van der Waals surface area contributed by atoms with Crippen LogP contribution in [0.2, 0.25) is 0 Å². The van der Waals surface area contributed by atoms with Gasteiger partial charge in [0.2, 0.25) is 11.8 Å². The lowest BCUT2D eigenvalue weighted by Crippen LogP contribution is -2.47. The number of amides is 2. The fraction of sp³-hybridized carbons (Fsp3) is 0.667. The molecule has 19 heteroatoms. The van der Waals surface area contributed by atoms with Gasteiger partial charge in [0.15, 0.2) is 5.82 Å². The van der Waals surface area contributed by atoms with E-state index in [1.807, 2.05) is 4.90 Å². The van der Waals surface area contributed by atoms with Crippen LogP contribution in [0.15, 0.2) is 17.0 Å². The van der Waals surface area contributed by atoms with Gasteiger partial charge in [-0.1, -0.05) is 5.16 Å². The molecule has 2 N–H and O–H groups in total. The van der Waals surface area contributed by atoms with Crippen molar-refractivity contribution in [2.45, 2.75) is 74.9 Å². The molecule has 12 nitrogen and oxygen atoms in total. The van der Waals surface area contributed by atoms with E-state index in [4.69, 9.17) is 9.26 Å². The third-order valence-corrected chi connectivity index (χ3v) is 9.89. The lowest BCUT2D eigenvalue weighted by Gasteiger charge is -2.33. The van der Waals surface area contributed by atoms with Crippen LogP contribution in [0.5, 0.6) is 0 Å². The van der Waals surface area contributed by atoms with Gasteiger partial charge in [-0.3, -0.25) is 9.59 Å². The standard InChI is InChI=1S/C30H33F7N8O4/c31-28(32)3-1-15(2-4-28)22(40-26(47)18-14-49-43-23(18)19-11-29(19,33)34)21-13-45-27(39-21)41-24(44-5-7-48-8-6-44)20(42-45)10-16-9-17(30(35,36)37)12-38-25(16)46/h13-17,19,22H,1-12H2,(H,38,46)(H,40,47)/t16?,17-,19?,22+/m1/s1. The number of carbonyl (C=O) groups is 2. The summed E-state index contributed by atoms with van der Waals surface area (Å²) in [5.74, 6) is -11.4. The van der Waals surface area contributed by atoms with Crippen molar-refractivity contribution in [3.63, 3.8) is 0 Å². The molecule has 266 valence electrons. The summed E-state index contributed by atoms with van der Waals surface area (Å²) in [4.78, 5) is 37.3. The van der Waals surface area contributed by atoms with Crippen LogP contribution in [0.25, 0.3) is 5.78 Å². The number of carbonyl (C=O) groups excluding carboxylic acids is 2. The van der Waals surface area contributed by atoms with Crippen LogP contribution in [0, 0.1) is 17.8 Å². The number of anilines is 1. The topological polar surface area (TPSA) is 140 Å². The van der Waals surface area contributed by atoms with Crippen LogP contribution in [0.3, 0.4) is 0 Å². The number of alkyl halides is 7. The highest BCUT2D eigenvalue weighted by atomic mass is 19.4. The van der Waals surface area contributed by atoms with E-state index in [0.29, 0.717) is 32.1 Å². The first kappa shape index (κ1) is 33.5. The quantitative estimate of drug-likeness (QED) is 0.331.